The second-order valence-electron chi connectivity index (χ2n) is 7.22. The molecular formula is C22H22ClN7O2S. The van der Waals surface area contributed by atoms with Crippen LogP contribution in [-0.4, -0.2) is 42.0 Å². The number of imidazole rings is 1. The Bertz CT molecular complexity index is 1360. The van der Waals surface area contributed by atoms with Gasteiger partial charge in [-0.25, -0.2) is 19.9 Å². The van der Waals surface area contributed by atoms with Crippen molar-refractivity contribution in [2.75, 3.05) is 18.2 Å². The smallest absolute Gasteiger partial charge is 0.201 e. The number of anilines is 1. The Hall–Kier alpha value is -3.50. The van der Waals surface area contributed by atoms with E-state index in [1.807, 2.05) is 42.3 Å². The number of hydrogen-bond donors (Lipinski definition) is 1. The summed E-state index contributed by atoms with van der Waals surface area (Å²) < 4.78 is 19.6. The van der Waals surface area contributed by atoms with Gasteiger partial charge in [0.05, 0.1) is 17.0 Å². The summed E-state index contributed by atoms with van der Waals surface area (Å²) >= 11 is 6.62. The molecule has 170 valence electrons. The van der Waals surface area contributed by atoms with E-state index in [-0.39, 0.29) is 16.5 Å². The number of ether oxygens (including phenoxy) is 1. The normalized spacial score (nSPS) is 12.7. The SMILES string of the molecule is CN(Cc1ccccc1)c1nccnc1/C(=C\N)Oc1cnc2nc(S(C)=O)n(C)c2c1Cl. The lowest BCUT2D eigenvalue weighted by atomic mass is 10.2. The van der Waals surface area contributed by atoms with Gasteiger partial charge in [-0.05, 0) is 5.56 Å². The van der Waals surface area contributed by atoms with E-state index in [2.05, 4.69) is 19.9 Å². The predicted molar refractivity (Wildman–Crippen MR) is 129 cm³/mol. The van der Waals surface area contributed by atoms with Gasteiger partial charge >= 0.3 is 0 Å². The van der Waals surface area contributed by atoms with Crippen LogP contribution in [0.25, 0.3) is 16.9 Å². The van der Waals surface area contributed by atoms with E-state index >= 15 is 0 Å². The van der Waals surface area contributed by atoms with Crippen LogP contribution in [-0.2, 0) is 24.4 Å². The molecular weight excluding hydrogens is 462 g/mol. The van der Waals surface area contributed by atoms with E-state index in [9.17, 15) is 4.21 Å². The molecule has 9 nitrogen and oxygen atoms in total. The summed E-state index contributed by atoms with van der Waals surface area (Å²) in [6, 6.07) is 10.0. The molecule has 1 aromatic carbocycles. The second kappa shape index (κ2) is 9.55. The highest BCUT2D eigenvalue weighted by molar-refractivity contribution is 7.84. The van der Waals surface area contributed by atoms with Gasteiger partial charge in [0, 0.05) is 45.5 Å². The van der Waals surface area contributed by atoms with Crippen molar-refractivity contribution in [1.82, 2.24) is 24.5 Å². The third-order valence-electron chi connectivity index (χ3n) is 4.93. The lowest BCUT2D eigenvalue weighted by Gasteiger charge is -2.21. The van der Waals surface area contributed by atoms with Crippen LogP contribution in [0.1, 0.15) is 11.3 Å². The molecule has 0 aliphatic rings. The number of nitrogens with zero attached hydrogens (tertiary/aromatic N) is 6. The first-order chi connectivity index (χ1) is 15.9. The fraction of sp³-hybridized carbons (Fsp3) is 0.182. The van der Waals surface area contributed by atoms with Crippen molar-refractivity contribution in [3.63, 3.8) is 0 Å². The van der Waals surface area contributed by atoms with Crippen molar-refractivity contribution in [2.24, 2.45) is 12.8 Å². The molecule has 3 heterocycles. The van der Waals surface area contributed by atoms with Crippen molar-refractivity contribution in [1.29, 1.82) is 0 Å². The van der Waals surface area contributed by atoms with E-state index in [0.29, 0.717) is 34.4 Å². The zero-order chi connectivity index (χ0) is 23.5. The van der Waals surface area contributed by atoms with Crippen molar-refractivity contribution in [2.45, 2.75) is 11.7 Å². The molecule has 4 aromatic rings. The fourth-order valence-corrected chi connectivity index (χ4v) is 4.41. The van der Waals surface area contributed by atoms with Crippen LogP contribution in [0.2, 0.25) is 5.02 Å². The minimum Gasteiger partial charge on any atom is -0.450 e. The summed E-state index contributed by atoms with van der Waals surface area (Å²) in [4.78, 5) is 19.5. The summed E-state index contributed by atoms with van der Waals surface area (Å²) in [6.45, 7) is 0.616. The van der Waals surface area contributed by atoms with Crippen molar-refractivity contribution >= 4 is 45.1 Å². The maximum atomic E-state index is 12.0. The van der Waals surface area contributed by atoms with Crippen molar-refractivity contribution < 1.29 is 8.95 Å². The van der Waals surface area contributed by atoms with Gasteiger partial charge in [-0.1, -0.05) is 41.9 Å². The number of benzene rings is 1. The Balaban J connectivity index is 1.68. The Morgan fingerprint density at radius 1 is 1.24 bits per heavy atom. The highest BCUT2D eigenvalue weighted by Gasteiger charge is 2.21. The summed E-state index contributed by atoms with van der Waals surface area (Å²) in [5.41, 5.74) is 8.38. The molecule has 0 aliphatic heterocycles. The topological polar surface area (TPSA) is 112 Å². The van der Waals surface area contributed by atoms with Gasteiger partial charge in [0.25, 0.3) is 0 Å². The molecule has 2 N–H and O–H groups in total. The van der Waals surface area contributed by atoms with Gasteiger partial charge < -0.3 is 19.9 Å². The molecule has 0 aliphatic carbocycles. The molecule has 1 atom stereocenters. The molecule has 4 rings (SSSR count). The van der Waals surface area contributed by atoms with E-state index in [1.165, 1.54) is 12.4 Å². The largest absolute Gasteiger partial charge is 0.450 e. The zero-order valence-corrected chi connectivity index (χ0v) is 19.8. The minimum absolute atomic E-state index is 0.264. The molecule has 0 radical (unpaired) electrons. The number of fused-ring (bicyclic) bond motifs is 1. The molecule has 1 unspecified atom stereocenters. The molecule has 0 fully saturated rings. The number of aryl methyl sites for hydroxylation is 1. The van der Waals surface area contributed by atoms with Crippen molar-refractivity contribution in [3.8, 4) is 5.75 Å². The summed E-state index contributed by atoms with van der Waals surface area (Å²) in [7, 11) is 2.34. The highest BCUT2D eigenvalue weighted by atomic mass is 35.5. The standard InChI is InChI=1S/C22H22ClN7O2S/c1-29(13-14-7-5-4-6-8-14)21-18(25-9-10-26-21)15(11-24)32-16-12-27-20-19(17(16)23)30(2)22(28-20)33(3)31/h4-12H,13,24H2,1-3H3/b15-11+. The average Bonchev–Trinajstić information content (AvgIpc) is 3.17. The van der Waals surface area contributed by atoms with Crippen LogP contribution >= 0.6 is 11.6 Å². The Labute approximate surface area is 198 Å². The molecule has 0 bridgehead atoms. The van der Waals surface area contributed by atoms with Crippen LogP contribution in [0.15, 0.2) is 60.3 Å². The lowest BCUT2D eigenvalue weighted by Crippen LogP contribution is -2.20. The fourth-order valence-electron chi connectivity index (χ4n) is 3.42. The maximum Gasteiger partial charge on any atom is 0.201 e. The number of halogens is 1. The number of rotatable bonds is 7. The first-order valence-corrected chi connectivity index (χ1v) is 11.8. The summed E-state index contributed by atoms with van der Waals surface area (Å²) in [6.07, 6.45) is 7.48. The lowest BCUT2D eigenvalue weighted by molar-refractivity contribution is 0.508. The van der Waals surface area contributed by atoms with E-state index in [0.717, 1.165) is 5.56 Å². The number of pyridine rings is 1. The van der Waals surface area contributed by atoms with Gasteiger partial charge in [-0.2, -0.15) is 0 Å². The number of nitrogens with two attached hydrogens (primary N) is 1. The van der Waals surface area contributed by atoms with Crippen LogP contribution in [0.4, 0.5) is 5.82 Å². The highest BCUT2D eigenvalue weighted by Crippen LogP contribution is 2.35. The Morgan fingerprint density at radius 2 is 1.97 bits per heavy atom. The first-order valence-electron chi connectivity index (χ1n) is 9.91. The third kappa shape index (κ3) is 4.53. The molecule has 0 amide bonds. The predicted octanol–water partition coefficient (Wildman–Crippen LogP) is 3.12. The molecule has 33 heavy (non-hydrogen) atoms. The Morgan fingerprint density at radius 3 is 2.67 bits per heavy atom. The van der Waals surface area contributed by atoms with E-state index < -0.39 is 10.8 Å². The van der Waals surface area contributed by atoms with Crippen LogP contribution in [0.5, 0.6) is 5.75 Å². The van der Waals surface area contributed by atoms with Gasteiger partial charge in [0.1, 0.15) is 16.2 Å². The Kier molecular flexibility index (Phi) is 6.57. The van der Waals surface area contributed by atoms with Gasteiger partial charge in [0.15, 0.2) is 23.0 Å². The zero-order valence-electron chi connectivity index (χ0n) is 18.3. The van der Waals surface area contributed by atoms with Gasteiger partial charge in [-0.3, -0.25) is 4.21 Å². The van der Waals surface area contributed by atoms with Gasteiger partial charge in [0.2, 0.25) is 5.16 Å². The van der Waals surface area contributed by atoms with E-state index in [1.54, 1.807) is 30.3 Å². The molecule has 0 saturated heterocycles. The van der Waals surface area contributed by atoms with Crippen LogP contribution in [0.3, 0.4) is 0 Å². The third-order valence-corrected chi connectivity index (χ3v) is 6.17. The summed E-state index contributed by atoms with van der Waals surface area (Å²) in [5, 5.41) is 0.638. The number of hydrogen-bond acceptors (Lipinski definition) is 8. The quantitative estimate of drug-likeness (QED) is 0.399. The van der Waals surface area contributed by atoms with Crippen LogP contribution < -0.4 is 15.4 Å². The molecule has 0 saturated carbocycles. The average molecular weight is 484 g/mol. The van der Waals surface area contributed by atoms with Crippen molar-refractivity contribution in [3.05, 3.63) is 71.4 Å². The number of aromatic nitrogens is 5. The molecule has 0 spiro atoms. The molecule has 11 heteroatoms. The monoisotopic (exact) mass is 483 g/mol. The van der Waals surface area contributed by atoms with Crippen LogP contribution in [0, 0.1) is 0 Å². The second-order valence-corrected chi connectivity index (χ2v) is 8.87. The molecule has 3 aromatic heterocycles. The maximum absolute atomic E-state index is 12.0. The van der Waals surface area contributed by atoms with E-state index in [4.69, 9.17) is 22.1 Å². The first kappa shape index (κ1) is 22.7. The van der Waals surface area contributed by atoms with Gasteiger partial charge in [-0.15, -0.1) is 0 Å². The summed E-state index contributed by atoms with van der Waals surface area (Å²) in [5.74, 6) is 1.12. The minimum atomic E-state index is -1.30.